The highest BCUT2D eigenvalue weighted by Crippen LogP contribution is 2.33. The molecule has 5 nitrogen and oxygen atoms in total. The first-order valence-corrected chi connectivity index (χ1v) is 9.37. The molecule has 0 spiro atoms. The fourth-order valence-corrected chi connectivity index (χ4v) is 3.27. The minimum atomic E-state index is -4.61. The third-order valence-electron chi connectivity index (χ3n) is 3.23. The summed E-state index contributed by atoms with van der Waals surface area (Å²) in [4.78, 5) is 10.6. The smallest absolute Gasteiger partial charge is 0.389 e. The summed E-state index contributed by atoms with van der Waals surface area (Å²) in [6.45, 7) is 3.18. The van der Waals surface area contributed by atoms with E-state index in [9.17, 15) is 31.7 Å². The van der Waals surface area contributed by atoms with Crippen LogP contribution < -0.4 is 5.32 Å². The molecule has 2 aromatic rings. The van der Waals surface area contributed by atoms with E-state index in [-0.39, 0.29) is 23.7 Å². The summed E-state index contributed by atoms with van der Waals surface area (Å²) in [6.07, 6.45) is -4.34. The number of alkyl halides is 3. The van der Waals surface area contributed by atoms with Gasteiger partial charge in [-0.3, -0.25) is 9.00 Å². The molecule has 2 N–H and O–H groups in total. The van der Waals surface area contributed by atoms with Crippen molar-refractivity contribution in [3.63, 3.8) is 0 Å². The van der Waals surface area contributed by atoms with E-state index in [0.717, 1.165) is 6.07 Å². The van der Waals surface area contributed by atoms with E-state index in [1.807, 2.05) is 0 Å². The Morgan fingerprint density at radius 2 is 1.76 bits per heavy atom. The van der Waals surface area contributed by atoms with E-state index in [0.29, 0.717) is 11.0 Å². The molecule has 1 atom stereocenters. The number of anilines is 1. The van der Waals surface area contributed by atoms with Crippen molar-refractivity contribution in [3.05, 3.63) is 59.4 Å². The third-order valence-corrected chi connectivity index (χ3v) is 5.00. The van der Waals surface area contributed by atoms with Gasteiger partial charge in [0.1, 0.15) is 5.82 Å². The number of nitriles is 1. The van der Waals surface area contributed by atoms with E-state index < -0.39 is 33.7 Å². The van der Waals surface area contributed by atoms with Gasteiger partial charge in [-0.15, -0.1) is 0 Å². The highest BCUT2D eigenvalue weighted by molar-refractivity contribution is 7.85. The zero-order valence-electron chi connectivity index (χ0n) is 15.5. The quantitative estimate of drug-likeness (QED) is 0.557. The predicted octanol–water partition coefficient (Wildman–Crippen LogP) is 3.85. The number of carbonyl (C=O) groups is 1. The van der Waals surface area contributed by atoms with E-state index in [4.69, 9.17) is 5.26 Å². The minimum Gasteiger partial charge on any atom is -0.389 e. The second-order valence-electron chi connectivity index (χ2n) is 6.39. The molecular formula is C19H18F4N2O3S. The van der Waals surface area contributed by atoms with Crippen LogP contribution in [0.1, 0.15) is 25.0 Å². The zero-order valence-corrected chi connectivity index (χ0v) is 16.3. The number of nitrogens with one attached hydrogen (secondary N) is 1. The van der Waals surface area contributed by atoms with Crippen molar-refractivity contribution in [3.8, 4) is 6.07 Å². The molecular weight excluding hydrogens is 412 g/mol. The summed E-state index contributed by atoms with van der Waals surface area (Å²) in [5, 5.41) is 20.0. The van der Waals surface area contributed by atoms with Crippen molar-refractivity contribution in [1.29, 1.82) is 5.26 Å². The molecule has 0 aromatic heterocycles. The molecule has 0 radical (unpaired) electrons. The van der Waals surface area contributed by atoms with Crippen LogP contribution in [0.25, 0.3) is 0 Å². The van der Waals surface area contributed by atoms with E-state index in [2.05, 4.69) is 5.32 Å². The van der Waals surface area contributed by atoms with Crippen LogP contribution in [-0.4, -0.2) is 27.1 Å². The first kappa shape index (κ1) is 24.3. The lowest BCUT2D eigenvalue weighted by molar-refractivity contribution is -0.137. The largest absolute Gasteiger partial charge is 0.417 e. The number of rotatable bonds is 5. The molecule has 1 amide bonds. The van der Waals surface area contributed by atoms with Crippen molar-refractivity contribution in [1.82, 2.24) is 0 Å². The van der Waals surface area contributed by atoms with E-state index in [1.165, 1.54) is 36.4 Å². The molecule has 0 bridgehead atoms. The van der Waals surface area contributed by atoms with Gasteiger partial charge in [-0.1, -0.05) is 0 Å². The first-order chi connectivity index (χ1) is 13.4. The fourth-order valence-electron chi connectivity index (χ4n) is 2.02. The SMILES string of the molecule is CC(C)(O)CS(=O)c1ccc(F)cc1.N#Cc1ccc(NC=O)cc1C(F)(F)F. The van der Waals surface area contributed by atoms with Crippen LogP contribution >= 0.6 is 0 Å². The number of hydrogen-bond acceptors (Lipinski definition) is 4. The number of halogens is 4. The molecule has 0 fully saturated rings. The summed E-state index contributed by atoms with van der Waals surface area (Å²) in [7, 11) is -1.28. The highest BCUT2D eigenvalue weighted by atomic mass is 32.2. The molecule has 0 saturated heterocycles. The lowest BCUT2D eigenvalue weighted by Gasteiger charge is -2.15. The van der Waals surface area contributed by atoms with Crippen LogP contribution in [0.4, 0.5) is 23.2 Å². The summed E-state index contributed by atoms with van der Waals surface area (Å²) in [5.74, 6) is -0.201. The Kier molecular flexibility index (Phi) is 8.48. The molecule has 1 unspecified atom stereocenters. The molecule has 29 heavy (non-hydrogen) atoms. The monoisotopic (exact) mass is 430 g/mol. The predicted molar refractivity (Wildman–Crippen MR) is 99.8 cm³/mol. The van der Waals surface area contributed by atoms with Gasteiger partial charge in [0.15, 0.2) is 0 Å². The van der Waals surface area contributed by atoms with Crippen molar-refractivity contribution in [2.24, 2.45) is 0 Å². The maximum atomic E-state index is 12.5. The fraction of sp³-hybridized carbons (Fsp3) is 0.263. The van der Waals surface area contributed by atoms with Gasteiger partial charge < -0.3 is 10.4 Å². The topological polar surface area (TPSA) is 90.2 Å². The van der Waals surface area contributed by atoms with Gasteiger partial charge in [0.05, 0.1) is 39.3 Å². The molecule has 0 aliphatic carbocycles. The zero-order chi connectivity index (χ0) is 22.2. The van der Waals surface area contributed by atoms with Crippen LogP contribution in [0, 0.1) is 17.1 Å². The summed E-state index contributed by atoms with van der Waals surface area (Å²) < 4.78 is 61.3. The summed E-state index contributed by atoms with van der Waals surface area (Å²) in [6, 6.07) is 9.85. The Bertz CT molecular complexity index is 902. The first-order valence-electron chi connectivity index (χ1n) is 8.05. The summed E-state index contributed by atoms with van der Waals surface area (Å²) >= 11 is 0. The maximum absolute atomic E-state index is 12.5. The molecule has 0 heterocycles. The number of carbonyl (C=O) groups excluding carboxylic acids is 1. The molecule has 2 rings (SSSR count). The van der Waals surface area contributed by atoms with Crippen molar-refractivity contribution >= 4 is 22.9 Å². The van der Waals surface area contributed by atoms with Crippen LogP contribution in [0.3, 0.4) is 0 Å². The van der Waals surface area contributed by atoms with Gasteiger partial charge in [-0.25, -0.2) is 4.39 Å². The van der Waals surface area contributed by atoms with Crippen LogP contribution in [0.5, 0.6) is 0 Å². The van der Waals surface area contributed by atoms with Gasteiger partial charge in [0.2, 0.25) is 6.41 Å². The number of amides is 1. The maximum Gasteiger partial charge on any atom is 0.417 e. The second-order valence-corrected chi connectivity index (χ2v) is 7.84. The molecule has 156 valence electrons. The van der Waals surface area contributed by atoms with Gasteiger partial charge in [0, 0.05) is 10.6 Å². The number of aliphatic hydroxyl groups is 1. The lowest BCUT2D eigenvalue weighted by Crippen LogP contribution is -2.27. The minimum absolute atomic E-state index is 0.00340. The lowest BCUT2D eigenvalue weighted by atomic mass is 10.1. The average Bonchev–Trinajstić information content (AvgIpc) is 2.61. The molecule has 10 heteroatoms. The van der Waals surface area contributed by atoms with Crippen molar-refractivity contribution in [2.45, 2.75) is 30.5 Å². The Hall–Kier alpha value is -2.77. The average molecular weight is 430 g/mol. The third kappa shape index (κ3) is 8.41. The number of benzene rings is 2. The number of hydrogen-bond donors (Lipinski definition) is 2. The van der Waals surface area contributed by atoms with Crippen LogP contribution in [-0.2, 0) is 21.8 Å². The van der Waals surface area contributed by atoms with Crippen molar-refractivity contribution < 1.29 is 31.7 Å². The van der Waals surface area contributed by atoms with Crippen LogP contribution in [0.2, 0.25) is 0 Å². The molecule has 0 aliphatic rings. The number of nitrogens with zero attached hydrogens (tertiary/aromatic N) is 1. The van der Waals surface area contributed by atoms with E-state index >= 15 is 0 Å². The Labute approximate surface area is 167 Å². The van der Waals surface area contributed by atoms with Gasteiger partial charge in [-0.2, -0.15) is 18.4 Å². The summed E-state index contributed by atoms with van der Waals surface area (Å²) in [5.41, 5.74) is -2.51. The van der Waals surface area contributed by atoms with Crippen molar-refractivity contribution in [2.75, 3.05) is 11.1 Å². The highest BCUT2D eigenvalue weighted by Gasteiger charge is 2.33. The Balaban J connectivity index is 0.000000291. The van der Waals surface area contributed by atoms with E-state index in [1.54, 1.807) is 13.8 Å². The Morgan fingerprint density at radius 3 is 2.21 bits per heavy atom. The normalized spacial score (nSPS) is 12.2. The second kappa shape index (κ2) is 10.1. The Morgan fingerprint density at radius 1 is 1.17 bits per heavy atom. The van der Waals surface area contributed by atoms with Gasteiger partial charge in [-0.05, 0) is 56.3 Å². The van der Waals surface area contributed by atoms with Gasteiger partial charge in [0.25, 0.3) is 0 Å². The standard InChI is InChI=1S/C10H13FO2S.C9H5F3N2O/c1-10(2,12)7-14(13)9-5-3-8(11)4-6-9;10-9(11,12)8-3-7(14-5-15)2-1-6(8)4-13/h3-6,12H,7H2,1-2H3;1-3,5H,(H,14,15). The van der Waals surface area contributed by atoms with Gasteiger partial charge >= 0.3 is 6.18 Å². The molecule has 2 aromatic carbocycles. The molecule has 0 aliphatic heterocycles. The van der Waals surface area contributed by atoms with Crippen LogP contribution in [0.15, 0.2) is 47.4 Å². The molecule has 0 saturated carbocycles.